The number of carbonyl (C=O) groups is 2. The van der Waals surface area contributed by atoms with E-state index in [0.29, 0.717) is 6.07 Å². The number of nitrogens with one attached hydrogen (secondary N) is 2. The molecule has 0 radical (unpaired) electrons. The van der Waals surface area contributed by atoms with Crippen molar-refractivity contribution in [3.05, 3.63) is 33.7 Å². The minimum Gasteiger partial charge on any atom is -0.481 e. The van der Waals surface area contributed by atoms with Gasteiger partial charge in [-0.15, -0.1) is 0 Å². The summed E-state index contributed by atoms with van der Waals surface area (Å²) in [7, 11) is 0. The zero-order valence-electron chi connectivity index (χ0n) is 11.0. The van der Waals surface area contributed by atoms with Crippen molar-refractivity contribution < 1.29 is 27.9 Å². The Kier molecular flexibility index (Phi) is 5.12. The van der Waals surface area contributed by atoms with E-state index in [1.165, 1.54) is 6.92 Å². The molecule has 0 saturated carbocycles. The minimum absolute atomic E-state index is 0.139. The van der Waals surface area contributed by atoms with E-state index in [-0.39, 0.29) is 12.8 Å². The van der Waals surface area contributed by atoms with Crippen molar-refractivity contribution in [2.24, 2.45) is 0 Å². The first-order valence-electron chi connectivity index (χ1n) is 5.94. The lowest BCUT2D eigenvalue weighted by Gasteiger charge is -2.13. The Labute approximate surface area is 117 Å². The molecule has 3 N–H and O–H groups in total. The van der Waals surface area contributed by atoms with Crippen LogP contribution in [0.3, 0.4) is 0 Å². The van der Waals surface area contributed by atoms with Crippen LogP contribution in [0.25, 0.3) is 0 Å². The molecule has 1 aromatic rings. The summed E-state index contributed by atoms with van der Waals surface area (Å²) in [5, 5.41) is 10.8. The van der Waals surface area contributed by atoms with Crippen molar-refractivity contribution in [2.45, 2.75) is 32.0 Å². The van der Waals surface area contributed by atoms with E-state index in [4.69, 9.17) is 5.11 Å². The van der Waals surface area contributed by atoms with Gasteiger partial charge in [0, 0.05) is 12.5 Å². The van der Waals surface area contributed by atoms with Gasteiger partial charge in [-0.1, -0.05) is 0 Å². The highest BCUT2D eigenvalue weighted by atomic mass is 19.4. The molecule has 0 aliphatic carbocycles. The van der Waals surface area contributed by atoms with Gasteiger partial charge in [-0.2, -0.15) is 13.2 Å². The van der Waals surface area contributed by atoms with Crippen molar-refractivity contribution in [3.8, 4) is 0 Å². The highest BCUT2D eigenvalue weighted by Crippen LogP contribution is 2.26. The molecular formula is C12H13F3N2O4. The lowest BCUT2D eigenvalue weighted by atomic mass is 10.1. The van der Waals surface area contributed by atoms with Gasteiger partial charge in [-0.25, -0.2) is 0 Å². The maximum absolute atomic E-state index is 12.4. The van der Waals surface area contributed by atoms with Crippen LogP contribution in [0.5, 0.6) is 0 Å². The number of H-pyrrole nitrogens is 1. The number of carboxylic acids is 1. The monoisotopic (exact) mass is 306 g/mol. The van der Waals surface area contributed by atoms with Gasteiger partial charge in [-0.05, 0) is 25.5 Å². The number of carboxylic acid groups (broad SMARTS) is 1. The Morgan fingerprint density at radius 3 is 2.48 bits per heavy atom. The molecule has 1 amide bonds. The Morgan fingerprint density at radius 2 is 2.00 bits per heavy atom. The first kappa shape index (κ1) is 16.7. The number of halogens is 3. The summed E-state index contributed by atoms with van der Waals surface area (Å²) in [6, 6.07) is 0.842. The van der Waals surface area contributed by atoms with Crippen LogP contribution in [0.15, 0.2) is 16.9 Å². The lowest BCUT2D eigenvalue weighted by molar-refractivity contribution is -0.141. The van der Waals surface area contributed by atoms with Crippen molar-refractivity contribution in [3.63, 3.8) is 0 Å². The summed E-state index contributed by atoms with van der Waals surface area (Å²) >= 11 is 0. The van der Waals surface area contributed by atoms with Crippen LogP contribution in [-0.2, 0) is 11.0 Å². The van der Waals surface area contributed by atoms with Crippen LogP contribution in [0.1, 0.15) is 35.8 Å². The van der Waals surface area contributed by atoms with Crippen molar-refractivity contribution >= 4 is 11.9 Å². The maximum Gasteiger partial charge on any atom is 0.431 e. The van der Waals surface area contributed by atoms with Gasteiger partial charge in [0.05, 0.1) is 0 Å². The number of hydrogen-bond acceptors (Lipinski definition) is 3. The molecule has 0 bridgehead atoms. The highest BCUT2D eigenvalue weighted by Gasteiger charge is 2.32. The Balaban J connectivity index is 2.80. The summed E-state index contributed by atoms with van der Waals surface area (Å²) in [5.74, 6) is -1.90. The predicted octanol–water partition coefficient (Wildman–Crippen LogP) is 1.38. The van der Waals surface area contributed by atoms with E-state index in [1.807, 2.05) is 0 Å². The van der Waals surface area contributed by atoms with E-state index in [9.17, 15) is 27.6 Å². The van der Waals surface area contributed by atoms with Crippen molar-refractivity contribution in [1.29, 1.82) is 0 Å². The van der Waals surface area contributed by atoms with Crippen molar-refractivity contribution in [1.82, 2.24) is 10.3 Å². The second kappa shape index (κ2) is 6.42. The SMILES string of the molecule is CC(CCC(=O)O)NC(=O)c1ccc(C(F)(F)F)[nH]c1=O. The molecule has 1 unspecified atom stereocenters. The molecule has 21 heavy (non-hydrogen) atoms. The summed E-state index contributed by atoms with van der Waals surface area (Å²) in [6.07, 6.45) is -4.74. The average Bonchev–Trinajstić information content (AvgIpc) is 2.34. The smallest absolute Gasteiger partial charge is 0.431 e. The molecule has 0 fully saturated rings. The summed E-state index contributed by atoms with van der Waals surface area (Å²) in [6.45, 7) is 1.53. The van der Waals surface area contributed by atoms with Crippen LogP contribution >= 0.6 is 0 Å². The quantitative estimate of drug-likeness (QED) is 0.765. The average molecular weight is 306 g/mol. The van der Waals surface area contributed by atoms with E-state index >= 15 is 0 Å². The third-order valence-electron chi connectivity index (χ3n) is 2.63. The molecule has 0 saturated heterocycles. The number of carbonyl (C=O) groups excluding carboxylic acids is 1. The molecule has 1 rings (SSSR count). The third-order valence-corrected chi connectivity index (χ3v) is 2.63. The van der Waals surface area contributed by atoms with Crippen LogP contribution < -0.4 is 10.9 Å². The molecule has 0 aliphatic rings. The number of aromatic nitrogens is 1. The maximum atomic E-state index is 12.4. The standard InChI is InChI=1S/C12H13F3N2O4/c1-6(2-5-9(18)19)16-10(20)7-3-4-8(12(13,14)15)17-11(7)21/h3-4,6H,2,5H2,1H3,(H,16,20)(H,17,21)(H,18,19). The van der Waals surface area contributed by atoms with E-state index < -0.39 is 40.9 Å². The van der Waals surface area contributed by atoms with E-state index in [2.05, 4.69) is 5.32 Å². The third kappa shape index (κ3) is 4.93. The van der Waals surface area contributed by atoms with Crippen LogP contribution in [-0.4, -0.2) is 28.0 Å². The van der Waals surface area contributed by atoms with Gasteiger partial charge in [-0.3, -0.25) is 14.4 Å². The second-order valence-corrected chi connectivity index (χ2v) is 4.42. The zero-order chi connectivity index (χ0) is 16.2. The van der Waals surface area contributed by atoms with Gasteiger partial charge >= 0.3 is 12.1 Å². The van der Waals surface area contributed by atoms with E-state index in [1.54, 1.807) is 4.98 Å². The zero-order valence-corrected chi connectivity index (χ0v) is 11.0. The molecule has 0 aliphatic heterocycles. The van der Waals surface area contributed by atoms with Gasteiger partial charge < -0.3 is 15.4 Å². The number of rotatable bonds is 5. The minimum atomic E-state index is -4.71. The molecule has 1 heterocycles. The number of amides is 1. The fourth-order valence-corrected chi connectivity index (χ4v) is 1.53. The second-order valence-electron chi connectivity index (χ2n) is 4.42. The largest absolute Gasteiger partial charge is 0.481 e. The Hall–Kier alpha value is -2.32. The normalized spacial score (nSPS) is 12.8. The van der Waals surface area contributed by atoms with Crippen molar-refractivity contribution in [2.75, 3.05) is 0 Å². The Morgan fingerprint density at radius 1 is 1.38 bits per heavy atom. The molecule has 1 atom stereocenters. The van der Waals surface area contributed by atoms with Crippen LogP contribution in [0.2, 0.25) is 0 Å². The molecule has 0 aromatic carbocycles. The fraction of sp³-hybridized carbons (Fsp3) is 0.417. The van der Waals surface area contributed by atoms with Gasteiger partial charge in [0.15, 0.2) is 0 Å². The summed E-state index contributed by atoms with van der Waals surface area (Å²) < 4.78 is 37.1. The number of aliphatic carboxylic acids is 1. The van der Waals surface area contributed by atoms with Crippen LogP contribution in [0.4, 0.5) is 13.2 Å². The van der Waals surface area contributed by atoms with Crippen LogP contribution in [0, 0.1) is 0 Å². The highest BCUT2D eigenvalue weighted by molar-refractivity contribution is 5.94. The molecule has 9 heteroatoms. The summed E-state index contributed by atoms with van der Waals surface area (Å²) in [5.41, 5.74) is -2.87. The topological polar surface area (TPSA) is 99.3 Å². The number of aromatic amines is 1. The van der Waals surface area contributed by atoms with Gasteiger partial charge in [0.2, 0.25) is 0 Å². The molecular weight excluding hydrogens is 293 g/mol. The number of alkyl halides is 3. The van der Waals surface area contributed by atoms with Gasteiger partial charge in [0.25, 0.3) is 11.5 Å². The molecule has 1 aromatic heterocycles. The predicted molar refractivity (Wildman–Crippen MR) is 65.9 cm³/mol. The number of hydrogen-bond donors (Lipinski definition) is 3. The lowest BCUT2D eigenvalue weighted by Crippen LogP contribution is -2.36. The van der Waals surface area contributed by atoms with Gasteiger partial charge in [0.1, 0.15) is 11.3 Å². The number of pyridine rings is 1. The first-order valence-corrected chi connectivity index (χ1v) is 5.94. The molecule has 0 spiro atoms. The van der Waals surface area contributed by atoms with E-state index in [0.717, 1.165) is 6.07 Å². The Bertz CT molecular complexity index is 595. The summed E-state index contributed by atoms with van der Waals surface area (Å²) in [4.78, 5) is 35.1. The fourth-order valence-electron chi connectivity index (χ4n) is 1.53. The molecule has 6 nitrogen and oxygen atoms in total. The molecule has 116 valence electrons. The first-order chi connectivity index (χ1) is 9.61.